The molecule has 0 radical (unpaired) electrons. The monoisotopic (exact) mass is 644 g/mol. The number of furan rings is 1. The number of fused-ring (bicyclic) bond motifs is 7. The molecule has 0 atom stereocenters. The van der Waals surface area contributed by atoms with Crippen molar-refractivity contribution in [2.75, 3.05) is 4.90 Å². The van der Waals surface area contributed by atoms with Gasteiger partial charge in [-0.3, -0.25) is 4.98 Å². The van der Waals surface area contributed by atoms with Gasteiger partial charge in [-0.2, -0.15) is 0 Å². The number of nitrogens with zero attached hydrogens (tertiary/aromatic N) is 2. The van der Waals surface area contributed by atoms with E-state index in [1.807, 2.05) is 23.6 Å². The van der Waals surface area contributed by atoms with E-state index in [0.717, 1.165) is 44.4 Å². The van der Waals surface area contributed by atoms with Gasteiger partial charge in [0.2, 0.25) is 0 Å². The molecule has 230 valence electrons. The minimum absolute atomic E-state index is 0.808. The topological polar surface area (TPSA) is 29.3 Å². The largest absolute Gasteiger partial charge is 0.454 e. The number of aromatic nitrogens is 1. The Labute approximate surface area is 286 Å². The van der Waals surface area contributed by atoms with Gasteiger partial charge < -0.3 is 9.32 Å². The van der Waals surface area contributed by atoms with Crippen LogP contribution < -0.4 is 4.90 Å². The van der Waals surface area contributed by atoms with Crippen molar-refractivity contribution in [1.82, 2.24) is 4.98 Å². The summed E-state index contributed by atoms with van der Waals surface area (Å²) in [7, 11) is 0. The number of thiophene rings is 1. The molecule has 0 saturated carbocycles. The predicted molar refractivity (Wildman–Crippen MR) is 207 cm³/mol. The van der Waals surface area contributed by atoms with E-state index in [2.05, 4.69) is 162 Å². The van der Waals surface area contributed by atoms with E-state index < -0.39 is 0 Å². The third-order valence-corrected chi connectivity index (χ3v) is 10.8. The highest BCUT2D eigenvalue weighted by atomic mass is 32.1. The van der Waals surface area contributed by atoms with Crippen LogP contribution in [0.25, 0.3) is 75.1 Å². The molecule has 0 bridgehead atoms. The molecule has 4 heteroatoms. The summed E-state index contributed by atoms with van der Waals surface area (Å²) in [5.41, 5.74) is 9.75. The summed E-state index contributed by atoms with van der Waals surface area (Å²) in [6, 6.07) is 56.9. The van der Waals surface area contributed by atoms with Crippen LogP contribution in [0.15, 0.2) is 175 Å². The molecule has 0 aliphatic heterocycles. The summed E-state index contributed by atoms with van der Waals surface area (Å²) >= 11 is 1.85. The highest BCUT2D eigenvalue weighted by Gasteiger charge is 2.19. The number of hydrogen-bond donors (Lipinski definition) is 0. The molecule has 49 heavy (non-hydrogen) atoms. The Morgan fingerprint density at radius 2 is 1.16 bits per heavy atom. The second-order valence-electron chi connectivity index (χ2n) is 12.4. The molecule has 3 aromatic heterocycles. The van der Waals surface area contributed by atoms with Gasteiger partial charge in [-0.05, 0) is 87.6 Å². The predicted octanol–water partition coefficient (Wildman–Crippen LogP) is 13.3. The molecule has 0 spiro atoms. The molecule has 0 amide bonds. The maximum Gasteiger partial charge on any atom is 0.153 e. The number of rotatable bonds is 5. The van der Waals surface area contributed by atoms with Gasteiger partial charge in [0.25, 0.3) is 0 Å². The smallest absolute Gasteiger partial charge is 0.153 e. The first-order valence-corrected chi connectivity index (χ1v) is 17.3. The minimum Gasteiger partial charge on any atom is -0.454 e. The Balaban J connectivity index is 1.10. The lowest BCUT2D eigenvalue weighted by molar-refractivity contribution is 0.667. The van der Waals surface area contributed by atoms with Gasteiger partial charge in [-0.1, -0.05) is 103 Å². The van der Waals surface area contributed by atoms with Gasteiger partial charge in [0.1, 0.15) is 5.58 Å². The molecule has 0 unspecified atom stereocenters. The minimum atomic E-state index is 0.808. The Kier molecular flexibility index (Phi) is 6.36. The van der Waals surface area contributed by atoms with E-state index in [4.69, 9.17) is 4.42 Å². The Morgan fingerprint density at radius 1 is 0.490 bits per heavy atom. The van der Waals surface area contributed by atoms with E-state index in [-0.39, 0.29) is 0 Å². The van der Waals surface area contributed by atoms with Crippen LogP contribution in [-0.4, -0.2) is 4.98 Å². The van der Waals surface area contributed by atoms with E-state index >= 15 is 0 Å². The second-order valence-corrected chi connectivity index (χ2v) is 13.4. The van der Waals surface area contributed by atoms with Crippen LogP contribution in [0.4, 0.5) is 17.1 Å². The maximum atomic E-state index is 6.15. The molecule has 0 aliphatic carbocycles. The third kappa shape index (κ3) is 4.61. The Morgan fingerprint density at radius 3 is 2.02 bits per heavy atom. The van der Waals surface area contributed by atoms with Crippen molar-refractivity contribution in [2.45, 2.75) is 0 Å². The van der Waals surface area contributed by atoms with E-state index in [9.17, 15) is 0 Å². The highest BCUT2D eigenvalue weighted by molar-refractivity contribution is 7.26. The van der Waals surface area contributed by atoms with Gasteiger partial charge >= 0.3 is 0 Å². The highest BCUT2D eigenvalue weighted by Crippen LogP contribution is 2.45. The lowest BCUT2D eigenvalue weighted by atomic mass is 9.98. The van der Waals surface area contributed by atoms with Crippen molar-refractivity contribution in [2.24, 2.45) is 0 Å². The molecule has 0 N–H and O–H groups in total. The summed E-state index contributed by atoms with van der Waals surface area (Å²) in [4.78, 5) is 6.62. The molecule has 3 nitrogen and oxygen atoms in total. The fourth-order valence-corrected chi connectivity index (χ4v) is 8.42. The summed E-state index contributed by atoms with van der Waals surface area (Å²) in [5.74, 6) is 0. The zero-order valence-corrected chi connectivity index (χ0v) is 27.2. The number of anilines is 3. The number of benzene rings is 7. The third-order valence-electron chi connectivity index (χ3n) is 9.59. The van der Waals surface area contributed by atoms with Crippen LogP contribution >= 0.6 is 11.3 Å². The van der Waals surface area contributed by atoms with E-state index in [1.165, 1.54) is 47.8 Å². The molecular weight excluding hydrogens is 617 g/mol. The maximum absolute atomic E-state index is 6.15. The summed E-state index contributed by atoms with van der Waals surface area (Å²) in [5, 5.41) is 7.28. The summed E-state index contributed by atoms with van der Waals surface area (Å²) < 4.78 is 8.72. The zero-order chi connectivity index (χ0) is 32.3. The van der Waals surface area contributed by atoms with E-state index in [1.54, 1.807) is 6.20 Å². The van der Waals surface area contributed by atoms with Gasteiger partial charge in [-0.25, -0.2) is 0 Å². The van der Waals surface area contributed by atoms with Gasteiger partial charge in [0.15, 0.2) is 5.58 Å². The molecule has 0 aliphatic rings. The SMILES string of the molecule is c1ccc2c(-c3ccc(N(c4ccc(-c5ccc6c(c5)oc5cnccc56)cc4)c4cccc5c4sc4ccccc45)cc3)cccc2c1. The standard InChI is InChI=1S/C45H28N2OS/c1-2-9-35-30(7-1)8-5-11-36(35)31-17-22-34(23-18-31)47(41-13-6-12-40-39-10-3-4-14-44(39)49-45(40)41)33-20-15-29(16-21-33)32-19-24-37-38-25-26-46-28-43(38)48-42(37)27-32/h1-28H. The fraction of sp³-hybridized carbons (Fsp3) is 0. The molecule has 7 aromatic carbocycles. The van der Waals surface area contributed by atoms with Crippen molar-refractivity contribution in [3.63, 3.8) is 0 Å². The van der Waals surface area contributed by atoms with Crippen LogP contribution in [0.3, 0.4) is 0 Å². The molecule has 10 aromatic rings. The van der Waals surface area contributed by atoms with Crippen LogP contribution in [0.2, 0.25) is 0 Å². The quantitative estimate of drug-likeness (QED) is 0.187. The fourth-order valence-electron chi connectivity index (χ4n) is 7.22. The molecular formula is C45H28N2OS. The van der Waals surface area contributed by atoms with Gasteiger partial charge in [0, 0.05) is 43.8 Å². The first kappa shape index (κ1) is 27.8. The van der Waals surface area contributed by atoms with Gasteiger partial charge in [0.05, 0.1) is 16.6 Å². The van der Waals surface area contributed by atoms with Crippen molar-refractivity contribution in [3.05, 3.63) is 170 Å². The molecule has 0 fully saturated rings. The normalized spacial score (nSPS) is 11.7. The first-order valence-electron chi connectivity index (χ1n) is 16.4. The Bertz CT molecular complexity index is 2820. The second kappa shape index (κ2) is 11.2. The van der Waals surface area contributed by atoms with E-state index in [0.29, 0.717) is 0 Å². The number of hydrogen-bond acceptors (Lipinski definition) is 4. The van der Waals surface area contributed by atoms with Crippen molar-refractivity contribution in [1.29, 1.82) is 0 Å². The van der Waals surface area contributed by atoms with Crippen LogP contribution in [-0.2, 0) is 0 Å². The molecule has 10 rings (SSSR count). The van der Waals surface area contributed by atoms with Crippen LogP contribution in [0.5, 0.6) is 0 Å². The Hall–Kier alpha value is -6.23. The van der Waals surface area contributed by atoms with Crippen molar-refractivity contribution < 1.29 is 4.42 Å². The zero-order valence-electron chi connectivity index (χ0n) is 26.4. The lowest BCUT2D eigenvalue weighted by Crippen LogP contribution is -2.10. The summed E-state index contributed by atoms with van der Waals surface area (Å²) in [6.07, 6.45) is 3.59. The van der Waals surface area contributed by atoms with Crippen molar-refractivity contribution >= 4 is 81.3 Å². The van der Waals surface area contributed by atoms with Crippen LogP contribution in [0.1, 0.15) is 0 Å². The summed E-state index contributed by atoms with van der Waals surface area (Å²) in [6.45, 7) is 0. The first-order chi connectivity index (χ1) is 24.3. The average Bonchev–Trinajstić information content (AvgIpc) is 3.74. The lowest BCUT2D eigenvalue weighted by Gasteiger charge is -2.26. The number of pyridine rings is 1. The average molecular weight is 645 g/mol. The molecule has 3 heterocycles. The molecule has 0 saturated heterocycles. The van der Waals surface area contributed by atoms with Crippen LogP contribution in [0, 0.1) is 0 Å². The van der Waals surface area contributed by atoms with Crippen molar-refractivity contribution in [3.8, 4) is 22.3 Å². The van der Waals surface area contributed by atoms with Gasteiger partial charge in [-0.15, -0.1) is 11.3 Å².